The molecule has 0 unspecified atom stereocenters. The summed E-state index contributed by atoms with van der Waals surface area (Å²) in [5.41, 5.74) is 0.329. The Kier molecular flexibility index (Phi) is 5.77. The molecular formula is C17H17ClN2O5S. The minimum atomic E-state index is -3.76. The molecule has 26 heavy (non-hydrogen) atoms. The number of morpholine rings is 1. The maximum atomic E-state index is 12.8. The largest absolute Gasteiger partial charge is 0.465 e. The molecule has 0 aliphatic carbocycles. The summed E-state index contributed by atoms with van der Waals surface area (Å²) >= 11 is 6.09. The fourth-order valence-electron chi connectivity index (χ4n) is 2.43. The third kappa shape index (κ3) is 4.34. The van der Waals surface area contributed by atoms with Crippen LogP contribution in [0.2, 0.25) is 5.02 Å². The van der Waals surface area contributed by atoms with Gasteiger partial charge in [0.05, 0.1) is 24.5 Å². The second-order valence-electron chi connectivity index (χ2n) is 5.50. The van der Waals surface area contributed by atoms with Crippen molar-refractivity contribution in [2.45, 2.75) is 4.90 Å². The van der Waals surface area contributed by atoms with E-state index in [-0.39, 0.29) is 23.0 Å². The van der Waals surface area contributed by atoms with Crippen LogP contribution < -0.4 is 5.32 Å². The summed E-state index contributed by atoms with van der Waals surface area (Å²) in [5, 5.41) is 2.71. The van der Waals surface area contributed by atoms with E-state index in [2.05, 4.69) is 5.32 Å². The number of ether oxygens (including phenoxy) is 1. The molecule has 1 aromatic heterocycles. The number of nitrogens with zero attached hydrogens (tertiary/aromatic N) is 1. The second kappa shape index (κ2) is 8.05. The minimum absolute atomic E-state index is 0.0473. The van der Waals surface area contributed by atoms with Gasteiger partial charge in [-0.1, -0.05) is 11.6 Å². The van der Waals surface area contributed by atoms with E-state index in [9.17, 15) is 13.2 Å². The summed E-state index contributed by atoms with van der Waals surface area (Å²) in [5.74, 6) is 0.116. The van der Waals surface area contributed by atoms with Crippen LogP contribution in [0, 0.1) is 0 Å². The van der Waals surface area contributed by atoms with Crippen LogP contribution in [0.25, 0.3) is 6.08 Å². The van der Waals surface area contributed by atoms with E-state index < -0.39 is 15.9 Å². The molecule has 1 saturated heterocycles. The number of amides is 1. The molecular weight excluding hydrogens is 380 g/mol. The highest BCUT2D eigenvalue weighted by Crippen LogP contribution is 2.28. The van der Waals surface area contributed by atoms with Crippen molar-refractivity contribution in [1.29, 1.82) is 0 Å². The first-order valence-corrected chi connectivity index (χ1v) is 9.68. The first kappa shape index (κ1) is 18.7. The Hall–Kier alpha value is -2.13. The lowest BCUT2D eigenvalue weighted by molar-refractivity contribution is -0.111. The van der Waals surface area contributed by atoms with Crippen LogP contribution in [-0.2, 0) is 19.6 Å². The average molecular weight is 397 g/mol. The number of benzene rings is 1. The van der Waals surface area contributed by atoms with E-state index in [1.807, 2.05) is 0 Å². The molecule has 1 N–H and O–H groups in total. The smallest absolute Gasteiger partial charge is 0.248 e. The van der Waals surface area contributed by atoms with E-state index >= 15 is 0 Å². The van der Waals surface area contributed by atoms with Gasteiger partial charge in [0.25, 0.3) is 0 Å². The monoisotopic (exact) mass is 396 g/mol. The van der Waals surface area contributed by atoms with Gasteiger partial charge in [0.1, 0.15) is 10.7 Å². The van der Waals surface area contributed by atoms with Crippen molar-refractivity contribution in [3.05, 3.63) is 53.5 Å². The number of rotatable bonds is 5. The number of carbonyl (C=O) groups is 1. The van der Waals surface area contributed by atoms with E-state index in [4.69, 9.17) is 20.8 Å². The van der Waals surface area contributed by atoms with Crippen molar-refractivity contribution in [1.82, 2.24) is 4.31 Å². The number of carbonyl (C=O) groups excluding carboxylic acids is 1. The van der Waals surface area contributed by atoms with Gasteiger partial charge in [-0.05, 0) is 36.4 Å². The van der Waals surface area contributed by atoms with Crippen LogP contribution in [0.1, 0.15) is 5.76 Å². The molecule has 0 spiro atoms. The maximum Gasteiger partial charge on any atom is 0.248 e. The van der Waals surface area contributed by atoms with Gasteiger partial charge in [-0.15, -0.1) is 0 Å². The summed E-state index contributed by atoms with van der Waals surface area (Å²) < 4.78 is 37.2. The Bertz CT molecular complexity index is 903. The average Bonchev–Trinajstić information content (AvgIpc) is 3.16. The zero-order valence-corrected chi connectivity index (χ0v) is 15.3. The Morgan fingerprint density at radius 3 is 2.69 bits per heavy atom. The molecule has 0 saturated carbocycles. The van der Waals surface area contributed by atoms with E-state index in [1.165, 1.54) is 34.9 Å². The number of halogens is 1. The van der Waals surface area contributed by atoms with Gasteiger partial charge in [0.2, 0.25) is 15.9 Å². The highest BCUT2D eigenvalue weighted by molar-refractivity contribution is 7.89. The quantitative estimate of drug-likeness (QED) is 0.785. The van der Waals surface area contributed by atoms with Crippen LogP contribution >= 0.6 is 11.6 Å². The molecule has 0 atom stereocenters. The molecule has 0 radical (unpaired) electrons. The summed E-state index contributed by atoms with van der Waals surface area (Å²) in [4.78, 5) is 12.0. The Morgan fingerprint density at radius 2 is 2.00 bits per heavy atom. The molecule has 138 valence electrons. The zero-order valence-electron chi connectivity index (χ0n) is 13.7. The predicted octanol–water partition coefficient (Wildman–Crippen LogP) is 2.61. The highest BCUT2D eigenvalue weighted by atomic mass is 35.5. The molecule has 3 rings (SSSR count). The number of hydrogen-bond donors (Lipinski definition) is 1. The Balaban J connectivity index is 1.78. The lowest BCUT2D eigenvalue weighted by Crippen LogP contribution is -2.40. The van der Waals surface area contributed by atoms with Crippen molar-refractivity contribution in [2.24, 2.45) is 0 Å². The van der Waals surface area contributed by atoms with Crippen LogP contribution in [0.15, 0.2) is 52.0 Å². The van der Waals surface area contributed by atoms with Gasteiger partial charge in [-0.25, -0.2) is 8.42 Å². The number of hydrogen-bond acceptors (Lipinski definition) is 5. The van der Waals surface area contributed by atoms with Crippen LogP contribution in [0.3, 0.4) is 0 Å². The van der Waals surface area contributed by atoms with Crippen LogP contribution in [0.4, 0.5) is 5.69 Å². The summed E-state index contributed by atoms with van der Waals surface area (Å²) in [6.45, 7) is 1.21. The number of anilines is 1. The molecule has 1 aliphatic rings. The maximum absolute atomic E-state index is 12.8. The first-order chi connectivity index (χ1) is 12.5. The SMILES string of the molecule is O=C(/C=C/c1ccco1)Nc1ccc(Cl)c(S(=O)(=O)N2CCOCC2)c1. The van der Waals surface area contributed by atoms with E-state index in [1.54, 1.807) is 18.2 Å². The summed E-state index contributed by atoms with van der Waals surface area (Å²) in [7, 11) is -3.76. The van der Waals surface area contributed by atoms with Crippen LogP contribution in [0.5, 0.6) is 0 Å². The second-order valence-corrected chi connectivity index (χ2v) is 7.81. The number of sulfonamides is 1. The van der Waals surface area contributed by atoms with Gasteiger partial charge < -0.3 is 14.5 Å². The standard InChI is InChI=1S/C17H17ClN2O5S/c18-15-5-3-13(19-17(21)6-4-14-2-1-9-25-14)12-16(15)26(22,23)20-7-10-24-11-8-20/h1-6,9,12H,7-8,10-11H2,(H,19,21)/b6-4+. The van der Waals surface area contributed by atoms with Crippen molar-refractivity contribution < 1.29 is 22.4 Å². The van der Waals surface area contributed by atoms with Gasteiger partial charge in [0.15, 0.2) is 0 Å². The Labute approximate surface area is 156 Å². The van der Waals surface area contributed by atoms with Crippen molar-refractivity contribution in [3.63, 3.8) is 0 Å². The minimum Gasteiger partial charge on any atom is -0.465 e. The molecule has 7 nitrogen and oxygen atoms in total. The first-order valence-electron chi connectivity index (χ1n) is 7.87. The van der Waals surface area contributed by atoms with Crippen molar-refractivity contribution in [2.75, 3.05) is 31.6 Å². The van der Waals surface area contributed by atoms with Crippen molar-refractivity contribution in [3.8, 4) is 0 Å². The highest BCUT2D eigenvalue weighted by Gasteiger charge is 2.28. The summed E-state index contributed by atoms with van der Waals surface area (Å²) in [6, 6.07) is 7.75. The number of furan rings is 1. The van der Waals surface area contributed by atoms with Gasteiger partial charge >= 0.3 is 0 Å². The Morgan fingerprint density at radius 1 is 1.23 bits per heavy atom. The molecule has 0 bridgehead atoms. The van der Waals surface area contributed by atoms with Gasteiger partial charge in [-0.2, -0.15) is 4.31 Å². The third-order valence-corrected chi connectivity index (χ3v) is 6.11. The molecule has 2 aromatic rings. The van der Waals surface area contributed by atoms with E-state index in [0.717, 1.165) is 0 Å². The van der Waals surface area contributed by atoms with E-state index in [0.29, 0.717) is 24.7 Å². The fraction of sp³-hybridized carbons (Fsp3) is 0.235. The molecule has 2 heterocycles. The lowest BCUT2D eigenvalue weighted by atomic mass is 10.3. The predicted molar refractivity (Wildman–Crippen MR) is 97.4 cm³/mol. The molecule has 9 heteroatoms. The molecule has 1 fully saturated rings. The van der Waals surface area contributed by atoms with Crippen LogP contribution in [-0.4, -0.2) is 44.9 Å². The molecule has 1 aromatic carbocycles. The van der Waals surface area contributed by atoms with Gasteiger partial charge in [0, 0.05) is 24.9 Å². The molecule has 1 amide bonds. The third-order valence-electron chi connectivity index (χ3n) is 3.73. The summed E-state index contributed by atoms with van der Waals surface area (Å²) in [6.07, 6.45) is 4.31. The zero-order chi connectivity index (χ0) is 18.6. The molecule has 1 aliphatic heterocycles. The van der Waals surface area contributed by atoms with Crippen molar-refractivity contribution >= 4 is 39.3 Å². The lowest BCUT2D eigenvalue weighted by Gasteiger charge is -2.26. The van der Waals surface area contributed by atoms with Gasteiger partial charge in [-0.3, -0.25) is 4.79 Å². The normalized spacial score (nSPS) is 16.0. The number of nitrogens with one attached hydrogen (secondary N) is 1. The fourth-order valence-corrected chi connectivity index (χ4v) is 4.34. The topological polar surface area (TPSA) is 88.8 Å².